The fourth-order valence-corrected chi connectivity index (χ4v) is 16.4. The number of rotatable bonds is 21. The van der Waals surface area contributed by atoms with Crippen LogP contribution in [0.15, 0.2) is 12.3 Å². The number of unbranched alkanes of at least 4 members (excludes halogenated alkanes) is 3. The first-order valence-electron chi connectivity index (χ1n) is 16.1. The molecule has 1 fully saturated rings. The van der Waals surface area contributed by atoms with E-state index in [0.717, 1.165) is 51.0 Å². The lowest BCUT2D eigenvalue weighted by Gasteiger charge is -2.45. The molecule has 42 heavy (non-hydrogen) atoms. The lowest BCUT2D eigenvalue weighted by atomic mass is 9.78. The van der Waals surface area contributed by atoms with Gasteiger partial charge in [-0.1, -0.05) is 57.6 Å². The van der Waals surface area contributed by atoms with Crippen LogP contribution in [0.1, 0.15) is 72.1 Å². The molecule has 0 bridgehead atoms. The molecule has 0 radical (unpaired) electrons. The summed E-state index contributed by atoms with van der Waals surface area (Å²) in [6, 6.07) is 1.14. The van der Waals surface area contributed by atoms with E-state index in [0.29, 0.717) is 13.0 Å². The minimum atomic E-state index is -2.55. The third-order valence-corrected chi connectivity index (χ3v) is 15.4. The van der Waals surface area contributed by atoms with Gasteiger partial charge in [-0.05, 0) is 77.6 Å². The fraction of sp³-hybridized carbons (Fsp3) is 0.935. The van der Waals surface area contributed by atoms with Crippen molar-refractivity contribution in [2.75, 3.05) is 19.8 Å². The Labute approximate surface area is 260 Å². The molecular weight excluding hydrogens is 585 g/mol. The van der Waals surface area contributed by atoms with Gasteiger partial charge in [0.15, 0.2) is 8.32 Å². The first-order valence-corrected chi connectivity index (χ1v) is 25.6. The number of hydrogen-bond acceptors (Lipinski definition) is 8. The number of hydrogen-bond donors (Lipinski definition) is 4. The summed E-state index contributed by atoms with van der Waals surface area (Å²) in [5, 5.41) is 40.7. The Balaban J connectivity index is 2.89. The van der Waals surface area contributed by atoms with Crippen LogP contribution in [-0.2, 0) is 18.0 Å². The van der Waals surface area contributed by atoms with Gasteiger partial charge in [-0.25, -0.2) is 0 Å². The highest BCUT2D eigenvalue weighted by molar-refractivity contribution is 6.84. The monoisotopic (exact) mass is 650 g/mol. The van der Waals surface area contributed by atoms with Crippen LogP contribution < -0.4 is 0 Å². The molecule has 250 valence electrons. The van der Waals surface area contributed by atoms with Gasteiger partial charge in [-0.2, -0.15) is 0 Å². The molecule has 8 nitrogen and oxygen atoms in total. The van der Waals surface area contributed by atoms with Crippen molar-refractivity contribution < 1.29 is 38.4 Å². The number of ether oxygens (including phenoxy) is 2. The Kier molecular flexibility index (Phi) is 16.3. The van der Waals surface area contributed by atoms with E-state index in [1.807, 2.05) is 5.70 Å². The molecule has 0 aliphatic carbocycles. The van der Waals surface area contributed by atoms with Crippen LogP contribution >= 0.6 is 0 Å². The van der Waals surface area contributed by atoms with Crippen LogP contribution in [0.4, 0.5) is 0 Å². The molecule has 1 rings (SSSR count). The van der Waals surface area contributed by atoms with Gasteiger partial charge in [0.2, 0.25) is 0 Å². The Morgan fingerprint density at radius 2 is 1.45 bits per heavy atom. The zero-order valence-corrected chi connectivity index (χ0v) is 31.6. The average Bonchev–Trinajstić information content (AvgIpc) is 2.81. The lowest BCUT2D eigenvalue weighted by molar-refractivity contribution is -0.243. The van der Waals surface area contributed by atoms with Crippen molar-refractivity contribution in [3.05, 3.63) is 12.3 Å². The van der Waals surface area contributed by atoms with E-state index in [2.05, 4.69) is 73.2 Å². The van der Waals surface area contributed by atoms with Gasteiger partial charge in [0.1, 0.15) is 24.4 Å². The Hall–Kier alpha value is 0.0706. The largest absolute Gasteiger partial charge is 0.433 e. The molecule has 0 aromatic rings. The lowest BCUT2D eigenvalue weighted by Crippen LogP contribution is -2.59. The highest BCUT2D eigenvalue weighted by Gasteiger charge is 2.45. The summed E-state index contributed by atoms with van der Waals surface area (Å²) < 4.78 is 25.3. The van der Waals surface area contributed by atoms with E-state index in [4.69, 9.17) is 23.1 Å². The van der Waals surface area contributed by atoms with E-state index >= 15 is 0 Å². The molecule has 0 aromatic carbocycles. The highest BCUT2D eigenvalue weighted by Crippen LogP contribution is 2.43. The second-order valence-corrected chi connectivity index (χ2v) is 28.9. The van der Waals surface area contributed by atoms with Crippen LogP contribution in [0.5, 0.6) is 0 Å². The van der Waals surface area contributed by atoms with Crippen LogP contribution in [0, 0.1) is 5.41 Å². The summed E-state index contributed by atoms with van der Waals surface area (Å²) in [6.45, 7) is 26.9. The Morgan fingerprint density at radius 3 is 1.98 bits per heavy atom. The van der Waals surface area contributed by atoms with Gasteiger partial charge in [-0.15, -0.1) is 6.58 Å². The average molecular weight is 651 g/mol. The summed E-state index contributed by atoms with van der Waals surface area (Å²) in [5.41, 5.74) is 1.53. The summed E-state index contributed by atoms with van der Waals surface area (Å²) in [5.74, 6) is 0. The molecule has 11 heteroatoms. The minimum absolute atomic E-state index is 0.0185. The molecule has 7 unspecified atom stereocenters. The maximum Gasteiger partial charge on any atom is 0.351 e. The number of aliphatic hydroxyl groups excluding tert-OH is 4. The van der Waals surface area contributed by atoms with E-state index in [1.165, 1.54) is 0 Å². The van der Waals surface area contributed by atoms with Gasteiger partial charge < -0.3 is 38.4 Å². The molecular formula is C31H66O8Si3. The molecule has 1 saturated heterocycles. The van der Waals surface area contributed by atoms with Crippen molar-refractivity contribution in [1.29, 1.82) is 0 Å². The summed E-state index contributed by atoms with van der Waals surface area (Å²) in [7, 11) is -5.78. The maximum atomic E-state index is 11.0. The van der Waals surface area contributed by atoms with Crippen molar-refractivity contribution in [2.24, 2.45) is 5.41 Å². The zero-order valence-electron chi connectivity index (χ0n) is 28.6. The molecule has 0 spiro atoms. The molecule has 0 aromatic heterocycles. The summed E-state index contributed by atoms with van der Waals surface area (Å²) in [6.07, 6.45) is 2.52. The van der Waals surface area contributed by atoms with Gasteiger partial charge >= 0.3 is 8.56 Å². The van der Waals surface area contributed by atoms with Gasteiger partial charge in [0.05, 0.1) is 18.3 Å². The van der Waals surface area contributed by atoms with Gasteiger partial charge in [-0.3, -0.25) is 0 Å². The van der Waals surface area contributed by atoms with Crippen LogP contribution in [0.25, 0.3) is 0 Å². The summed E-state index contributed by atoms with van der Waals surface area (Å²) >= 11 is 0. The Bertz CT molecular complexity index is 787. The van der Waals surface area contributed by atoms with Crippen LogP contribution in [-0.4, -0.2) is 101 Å². The van der Waals surface area contributed by atoms with Crippen molar-refractivity contribution in [3.8, 4) is 0 Å². The third-order valence-electron chi connectivity index (χ3n) is 7.76. The van der Waals surface area contributed by atoms with E-state index < -0.39 is 61.1 Å². The SMILES string of the molecule is C=C[Si](C)(OC(C)(C)CC(C)(CCCOC1C(O)C(CO)OC(CCCCCCO)C1O)C[Si](C)(C)C)O[Si](C)(C)C. The predicted octanol–water partition coefficient (Wildman–Crippen LogP) is 5.75. The molecule has 4 N–H and O–H groups in total. The van der Waals surface area contributed by atoms with Crippen LogP contribution in [0.3, 0.4) is 0 Å². The third kappa shape index (κ3) is 14.9. The zero-order chi connectivity index (χ0) is 32.4. The maximum absolute atomic E-state index is 11.0. The van der Waals surface area contributed by atoms with Gasteiger partial charge in [0, 0.05) is 21.3 Å². The molecule has 7 atom stereocenters. The first kappa shape index (κ1) is 40.1. The highest BCUT2D eigenvalue weighted by atomic mass is 28.4. The minimum Gasteiger partial charge on any atom is -0.433 e. The molecule has 0 amide bonds. The molecule has 1 aliphatic heterocycles. The molecule has 0 saturated carbocycles. The van der Waals surface area contributed by atoms with Crippen molar-refractivity contribution in [3.63, 3.8) is 0 Å². The first-order chi connectivity index (χ1) is 19.2. The second-order valence-electron chi connectivity index (χ2n) is 15.8. The van der Waals surface area contributed by atoms with Gasteiger partial charge in [0.25, 0.3) is 0 Å². The topological polar surface area (TPSA) is 118 Å². The molecule has 1 heterocycles. The van der Waals surface area contributed by atoms with Crippen molar-refractivity contribution >= 4 is 25.0 Å². The van der Waals surface area contributed by atoms with E-state index in [1.54, 1.807) is 0 Å². The fourth-order valence-electron chi connectivity index (χ4n) is 6.97. The normalized spacial score (nSPS) is 27.0. The second kappa shape index (κ2) is 17.1. The Morgan fingerprint density at radius 1 is 0.857 bits per heavy atom. The molecule has 1 aliphatic rings. The summed E-state index contributed by atoms with van der Waals surface area (Å²) in [4.78, 5) is 0. The standard InChI is InChI=1S/C31H66O8Si3/c1-12-42(11,39-41(8,9)10)38-30(2,3)23-31(4,24-40(5,6)7)19-17-21-36-29-27(34)25(18-15-13-14-16-20-32)37-26(22-33)28(29)35/h12,25-29,32-35H,1,13-24H2,2-11H3. The van der Waals surface area contributed by atoms with Crippen LogP contribution in [0.2, 0.25) is 51.9 Å². The smallest absolute Gasteiger partial charge is 0.351 e. The predicted molar refractivity (Wildman–Crippen MR) is 179 cm³/mol. The quantitative estimate of drug-likeness (QED) is 0.0916. The van der Waals surface area contributed by atoms with Crippen molar-refractivity contribution in [2.45, 2.75) is 160 Å². The van der Waals surface area contributed by atoms with E-state index in [-0.39, 0.29) is 18.6 Å². The number of aliphatic hydroxyl groups is 4. The van der Waals surface area contributed by atoms with E-state index in [9.17, 15) is 15.3 Å². The van der Waals surface area contributed by atoms with Crippen molar-refractivity contribution in [1.82, 2.24) is 0 Å².